The molecule has 0 unspecified atom stereocenters. The van der Waals surface area contributed by atoms with Crippen LogP contribution in [-0.4, -0.2) is 22.4 Å². The summed E-state index contributed by atoms with van der Waals surface area (Å²) in [5.41, 5.74) is 3.88. The number of nitrogens with one attached hydrogen (secondary N) is 2. The molecule has 2 rings (SSSR count). The standard InChI is InChI=1S/C27H33F2N3S/c1-8-19(5)23(30)16-20(9-2)11-12-21-22(28)13-14-25(27(21)29)32-33(6,7)26-15-18(4)17-31-24(26)10-3/h8-9,13-17,30,32H,2,6-7,10-12H2,1,3-5H3/b19-8-,20-16+,30-23?. The third kappa shape index (κ3) is 6.51. The highest BCUT2D eigenvalue weighted by molar-refractivity contribution is 8.28. The Bertz CT molecular complexity index is 1220. The molecule has 0 radical (unpaired) electrons. The first-order valence-corrected chi connectivity index (χ1v) is 12.8. The molecule has 0 fully saturated rings. The second-order valence-corrected chi connectivity index (χ2v) is 10.4. The van der Waals surface area contributed by atoms with Crippen LogP contribution >= 0.6 is 9.39 Å². The summed E-state index contributed by atoms with van der Waals surface area (Å²) in [7, 11) is -2.13. The summed E-state index contributed by atoms with van der Waals surface area (Å²) in [6.07, 6.45) is 8.12. The summed E-state index contributed by atoms with van der Waals surface area (Å²) < 4.78 is 33.1. The highest BCUT2D eigenvalue weighted by atomic mass is 32.2. The van der Waals surface area contributed by atoms with E-state index >= 15 is 4.39 Å². The van der Waals surface area contributed by atoms with Gasteiger partial charge in [-0.25, -0.2) is 8.78 Å². The maximum atomic E-state index is 15.4. The monoisotopic (exact) mass is 469 g/mol. The van der Waals surface area contributed by atoms with E-state index in [2.05, 4.69) is 28.0 Å². The minimum Gasteiger partial charge on any atom is -0.335 e. The molecular formula is C27H33F2N3S. The van der Waals surface area contributed by atoms with E-state index in [0.29, 0.717) is 18.6 Å². The van der Waals surface area contributed by atoms with Gasteiger partial charge in [-0.1, -0.05) is 37.4 Å². The molecule has 2 aromatic rings. The van der Waals surface area contributed by atoms with Gasteiger partial charge >= 0.3 is 0 Å². The molecule has 0 amide bonds. The Morgan fingerprint density at radius 1 is 1.27 bits per heavy atom. The lowest BCUT2D eigenvalue weighted by molar-refractivity contribution is 0.558. The van der Waals surface area contributed by atoms with Crippen LogP contribution in [0.15, 0.2) is 65.2 Å². The molecule has 0 saturated carbocycles. The van der Waals surface area contributed by atoms with Crippen molar-refractivity contribution in [2.24, 2.45) is 0 Å². The zero-order valence-corrected chi connectivity index (χ0v) is 20.7. The lowest BCUT2D eigenvalue weighted by Crippen LogP contribution is -2.06. The molecule has 3 nitrogen and oxygen atoms in total. The van der Waals surface area contributed by atoms with Crippen molar-refractivity contribution in [2.75, 3.05) is 4.72 Å². The van der Waals surface area contributed by atoms with Gasteiger partial charge in [-0.3, -0.25) is 4.98 Å². The van der Waals surface area contributed by atoms with Crippen LogP contribution in [0.2, 0.25) is 0 Å². The van der Waals surface area contributed by atoms with Gasteiger partial charge in [-0.15, -0.1) is 9.39 Å². The second-order valence-electron chi connectivity index (χ2n) is 7.99. The molecule has 0 spiro atoms. The number of allylic oxidation sites excluding steroid dienone is 5. The number of nitrogens with zero attached hydrogens (tertiary/aromatic N) is 1. The Labute approximate surface area is 197 Å². The lowest BCUT2D eigenvalue weighted by Gasteiger charge is -2.22. The minimum atomic E-state index is -2.13. The maximum Gasteiger partial charge on any atom is 0.153 e. The molecule has 0 saturated heterocycles. The highest BCUT2D eigenvalue weighted by Crippen LogP contribution is 2.37. The van der Waals surface area contributed by atoms with Crippen molar-refractivity contribution in [3.05, 3.63) is 88.8 Å². The normalized spacial score (nSPS) is 12.5. The number of hydrogen-bond acceptors (Lipinski definition) is 3. The van der Waals surface area contributed by atoms with E-state index in [-0.39, 0.29) is 17.7 Å². The van der Waals surface area contributed by atoms with E-state index in [1.165, 1.54) is 12.1 Å². The van der Waals surface area contributed by atoms with E-state index in [9.17, 15) is 4.39 Å². The molecule has 6 heteroatoms. The predicted octanol–water partition coefficient (Wildman–Crippen LogP) is 7.32. The Hall–Kier alpha value is -2.99. The minimum absolute atomic E-state index is 0.0182. The van der Waals surface area contributed by atoms with Gasteiger partial charge in [0.1, 0.15) is 5.82 Å². The molecule has 0 bridgehead atoms. The number of aryl methyl sites for hydroxylation is 2. The number of pyridine rings is 1. The Balaban J connectivity index is 2.35. The number of hydrogen-bond donors (Lipinski definition) is 2. The van der Waals surface area contributed by atoms with Crippen LogP contribution in [0.3, 0.4) is 0 Å². The average molecular weight is 470 g/mol. The fourth-order valence-corrected chi connectivity index (χ4v) is 5.05. The van der Waals surface area contributed by atoms with Gasteiger partial charge < -0.3 is 10.1 Å². The zero-order chi connectivity index (χ0) is 24.8. The van der Waals surface area contributed by atoms with Crippen molar-refractivity contribution in [3.63, 3.8) is 0 Å². The fourth-order valence-electron chi connectivity index (χ4n) is 3.30. The molecule has 0 aliphatic carbocycles. The van der Waals surface area contributed by atoms with Crippen LogP contribution in [0, 0.1) is 24.0 Å². The first-order valence-electron chi connectivity index (χ1n) is 10.8. The van der Waals surface area contributed by atoms with Crippen LogP contribution in [-0.2, 0) is 12.8 Å². The third-order valence-electron chi connectivity index (χ3n) is 5.43. The predicted molar refractivity (Wildman–Crippen MR) is 142 cm³/mol. The number of halogens is 2. The van der Waals surface area contributed by atoms with Crippen molar-refractivity contribution in [1.29, 1.82) is 5.41 Å². The summed E-state index contributed by atoms with van der Waals surface area (Å²) in [4.78, 5) is 5.32. The SMILES string of the molecule is C=C/C(=C\C(=N)/C(C)=C\C)CCc1c(F)ccc(NS(=C)(=C)c2cc(C)cnc2CC)c1F. The van der Waals surface area contributed by atoms with Gasteiger partial charge in [0, 0.05) is 16.7 Å². The number of benzene rings is 1. The molecule has 1 aromatic heterocycles. The smallest absolute Gasteiger partial charge is 0.153 e. The molecule has 0 aliphatic rings. The van der Waals surface area contributed by atoms with Crippen molar-refractivity contribution in [3.8, 4) is 0 Å². The Morgan fingerprint density at radius 2 is 1.97 bits per heavy atom. The number of aromatic nitrogens is 1. The average Bonchev–Trinajstić information content (AvgIpc) is 2.79. The van der Waals surface area contributed by atoms with Gasteiger partial charge in [0.25, 0.3) is 0 Å². The van der Waals surface area contributed by atoms with Gasteiger partial charge in [0.05, 0.1) is 17.1 Å². The van der Waals surface area contributed by atoms with E-state index in [0.717, 1.165) is 27.3 Å². The van der Waals surface area contributed by atoms with Gasteiger partial charge in [0.2, 0.25) is 0 Å². The van der Waals surface area contributed by atoms with E-state index in [4.69, 9.17) is 5.41 Å². The number of anilines is 1. The third-order valence-corrected chi connectivity index (χ3v) is 7.23. The molecule has 176 valence electrons. The summed E-state index contributed by atoms with van der Waals surface area (Å²) in [5, 5.41) is 8.09. The molecule has 0 atom stereocenters. The summed E-state index contributed by atoms with van der Waals surface area (Å²) >= 11 is 0. The molecule has 33 heavy (non-hydrogen) atoms. The molecule has 0 aliphatic heterocycles. The van der Waals surface area contributed by atoms with Crippen molar-refractivity contribution in [1.82, 2.24) is 4.98 Å². The van der Waals surface area contributed by atoms with E-state index in [1.54, 1.807) is 18.3 Å². The van der Waals surface area contributed by atoms with Gasteiger partial charge in [-0.05, 0) is 81.0 Å². The van der Waals surface area contributed by atoms with Crippen LogP contribution in [0.1, 0.15) is 44.0 Å². The fraction of sp³-hybridized carbons (Fsp3) is 0.259. The van der Waals surface area contributed by atoms with E-state index < -0.39 is 21.0 Å². The molecule has 1 aromatic carbocycles. The van der Waals surface area contributed by atoms with Crippen molar-refractivity contribution in [2.45, 2.75) is 51.9 Å². The Morgan fingerprint density at radius 3 is 2.58 bits per heavy atom. The van der Waals surface area contributed by atoms with Crippen LogP contribution < -0.4 is 4.72 Å². The van der Waals surface area contributed by atoms with Crippen LogP contribution in [0.25, 0.3) is 0 Å². The largest absolute Gasteiger partial charge is 0.335 e. The van der Waals surface area contributed by atoms with Crippen LogP contribution in [0.4, 0.5) is 14.5 Å². The summed E-state index contributed by atoms with van der Waals surface area (Å²) in [5.74, 6) is 7.20. The lowest BCUT2D eigenvalue weighted by atomic mass is 10.0. The molecular weight excluding hydrogens is 436 g/mol. The second kappa shape index (κ2) is 11.2. The van der Waals surface area contributed by atoms with Crippen molar-refractivity contribution < 1.29 is 8.78 Å². The maximum absolute atomic E-state index is 15.4. The van der Waals surface area contributed by atoms with Crippen molar-refractivity contribution >= 4 is 32.5 Å². The quantitative estimate of drug-likeness (QED) is 0.218. The summed E-state index contributed by atoms with van der Waals surface area (Å²) in [6, 6.07) is 4.62. The number of rotatable bonds is 10. The molecule has 2 N–H and O–H groups in total. The Kier molecular flexibility index (Phi) is 8.94. The first kappa shape index (κ1) is 26.3. The van der Waals surface area contributed by atoms with Gasteiger partial charge in [0.15, 0.2) is 5.82 Å². The van der Waals surface area contributed by atoms with Gasteiger partial charge in [-0.2, -0.15) is 0 Å². The topological polar surface area (TPSA) is 48.8 Å². The first-order chi connectivity index (χ1) is 15.5. The highest BCUT2D eigenvalue weighted by Gasteiger charge is 2.17. The summed E-state index contributed by atoms with van der Waals surface area (Å²) in [6.45, 7) is 11.4. The van der Waals surface area contributed by atoms with E-state index in [1.807, 2.05) is 39.8 Å². The molecule has 1 heterocycles. The zero-order valence-electron chi connectivity index (χ0n) is 19.9. The van der Waals surface area contributed by atoms with Crippen LogP contribution in [0.5, 0.6) is 0 Å².